The van der Waals surface area contributed by atoms with Crippen molar-refractivity contribution in [2.24, 2.45) is 5.73 Å². The van der Waals surface area contributed by atoms with Crippen LogP contribution >= 0.6 is 0 Å². The second-order valence-corrected chi connectivity index (χ2v) is 4.59. The maximum atomic E-state index is 11.7. The lowest BCUT2D eigenvalue weighted by atomic mass is 10.0. The monoisotopic (exact) mass is 247 g/mol. The molecule has 0 saturated heterocycles. The summed E-state index contributed by atoms with van der Waals surface area (Å²) in [4.78, 5) is 22.6. The maximum absolute atomic E-state index is 11.7. The van der Waals surface area contributed by atoms with Crippen LogP contribution in [0, 0.1) is 0 Å². The van der Waals surface area contributed by atoms with Crippen molar-refractivity contribution in [3.63, 3.8) is 0 Å². The summed E-state index contributed by atoms with van der Waals surface area (Å²) in [7, 11) is 0. The lowest BCUT2D eigenvalue weighted by Gasteiger charge is -2.02. The average Bonchev–Trinajstić information content (AvgIpc) is 2.35. The number of rotatable bonds is 8. The molecule has 2 N–H and O–H groups in total. The van der Waals surface area contributed by atoms with Gasteiger partial charge in [-0.15, -0.1) is 0 Å². The molecule has 0 radical (unpaired) electrons. The highest BCUT2D eigenvalue weighted by Crippen LogP contribution is 2.09. The molecule has 1 aromatic rings. The van der Waals surface area contributed by atoms with Crippen LogP contribution in [-0.4, -0.2) is 11.7 Å². The number of hydrogen-bond acceptors (Lipinski definition) is 2. The number of carbonyl (C=O) groups excluding carboxylic acids is 2. The molecule has 0 saturated carbocycles. The minimum atomic E-state index is -0.438. The summed E-state index contributed by atoms with van der Waals surface area (Å²) in [5.74, 6) is -0.176. The summed E-state index contributed by atoms with van der Waals surface area (Å²) in [6, 6.07) is 6.93. The van der Waals surface area contributed by atoms with Crippen LogP contribution in [0.15, 0.2) is 24.3 Å². The molecule has 0 aliphatic carbocycles. The minimum absolute atomic E-state index is 0.262. The quantitative estimate of drug-likeness (QED) is 0.718. The van der Waals surface area contributed by atoms with Crippen molar-refractivity contribution < 1.29 is 9.59 Å². The summed E-state index contributed by atoms with van der Waals surface area (Å²) in [6.07, 6.45) is 5.58. The number of primary amides is 1. The van der Waals surface area contributed by atoms with E-state index < -0.39 is 5.91 Å². The Bertz CT molecular complexity index is 395. The van der Waals surface area contributed by atoms with Gasteiger partial charge in [0.2, 0.25) is 5.91 Å². The summed E-state index contributed by atoms with van der Waals surface area (Å²) in [5, 5.41) is 0. The van der Waals surface area contributed by atoms with Crippen LogP contribution in [0.25, 0.3) is 0 Å². The van der Waals surface area contributed by atoms with Gasteiger partial charge in [-0.25, -0.2) is 0 Å². The van der Waals surface area contributed by atoms with Crippen molar-refractivity contribution in [1.29, 1.82) is 0 Å². The highest BCUT2D eigenvalue weighted by Gasteiger charge is 2.05. The van der Waals surface area contributed by atoms with E-state index in [1.807, 2.05) is 0 Å². The molecule has 0 bridgehead atoms. The summed E-state index contributed by atoms with van der Waals surface area (Å²) >= 11 is 0. The summed E-state index contributed by atoms with van der Waals surface area (Å²) in [5.41, 5.74) is 6.58. The van der Waals surface area contributed by atoms with E-state index in [-0.39, 0.29) is 5.78 Å². The van der Waals surface area contributed by atoms with Gasteiger partial charge < -0.3 is 5.73 Å². The van der Waals surface area contributed by atoms with Gasteiger partial charge in [0.1, 0.15) is 5.78 Å². The zero-order chi connectivity index (χ0) is 13.4. The fourth-order valence-corrected chi connectivity index (χ4v) is 1.85. The van der Waals surface area contributed by atoms with Gasteiger partial charge in [-0.2, -0.15) is 0 Å². The van der Waals surface area contributed by atoms with Crippen molar-refractivity contribution in [1.82, 2.24) is 0 Å². The third-order valence-corrected chi connectivity index (χ3v) is 2.95. The Balaban J connectivity index is 2.37. The molecule has 18 heavy (non-hydrogen) atoms. The topological polar surface area (TPSA) is 60.2 Å². The van der Waals surface area contributed by atoms with Gasteiger partial charge in [0.25, 0.3) is 0 Å². The fourth-order valence-electron chi connectivity index (χ4n) is 1.85. The normalized spacial score (nSPS) is 10.3. The van der Waals surface area contributed by atoms with E-state index in [2.05, 4.69) is 6.92 Å². The molecule has 3 heteroatoms. The Kier molecular flexibility index (Phi) is 6.12. The van der Waals surface area contributed by atoms with E-state index in [0.717, 1.165) is 18.4 Å². The van der Waals surface area contributed by atoms with Gasteiger partial charge in [-0.1, -0.05) is 38.3 Å². The molecule has 3 nitrogen and oxygen atoms in total. The van der Waals surface area contributed by atoms with E-state index in [0.29, 0.717) is 18.4 Å². The number of benzene rings is 1. The van der Waals surface area contributed by atoms with E-state index in [9.17, 15) is 9.59 Å². The van der Waals surface area contributed by atoms with Gasteiger partial charge in [0.05, 0.1) is 0 Å². The number of unbranched alkanes of at least 4 members (excludes halogenated alkanes) is 3. The number of ketones is 1. The second kappa shape index (κ2) is 7.64. The first-order valence-corrected chi connectivity index (χ1v) is 6.54. The molecular formula is C15H21NO2. The summed E-state index contributed by atoms with van der Waals surface area (Å²) in [6.45, 7) is 2.15. The van der Waals surface area contributed by atoms with E-state index in [4.69, 9.17) is 5.73 Å². The molecule has 0 aromatic heterocycles. The SMILES string of the molecule is CCCCCCC(=O)Cc1ccc(C(N)=O)cc1. The molecule has 1 aromatic carbocycles. The molecule has 0 spiro atoms. The van der Waals surface area contributed by atoms with Gasteiger partial charge in [-0.05, 0) is 24.1 Å². The van der Waals surface area contributed by atoms with Crippen LogP contribution in [0.1, 0.15) is 54.9 Å². The smallest absolute Gasteiger partial charge is 0.248 e. The van der Waals surface area contributed by atoms with Crippen molar-refractivity contribution in [2.75, 3.05) is 0 Å². The summed E-state index contributed by atoms with van der Waals surface area (Å²) < 4.78 is 0. The Hall–Kier alpha value is -1.64. The number of nitrogens with two attached hydrogens (primary N) is 1. The van der Waals surface area contributed by atoms with E-state index in [1.54, 1.807) is 24.3 Å². The van der Waals surface area contributed by atoms with Crippen LogP contribution in [-0.2, 0) is 11.2 Å². The molecule has 98 valence electrons. The predicted molar refractivity (Wildman–Crippen MR) is 72.4 cm³/mol. The van der Waals surface area contributed by atoms with Crippen LogP contribution in [0.3, 0.4) is 0 Å². The first-order valence-electron chi connectivity index (χ1n) is 6.54. The van der Waals surface area contributed by atoms with Crippen molar-refractivity contribution in [2.45, 2.75) is 45.4 Å². The van der Waals surface area contributed by atoms with Gasteiger partial charge >= 0.3 is 0 Å². The van der Waals surface area contributed by atoms with Gasteiger partial charge in [-0.3, -0.25) is 9.59 Å². The third kappa shape index (κ3) is 5.13. The lowest BCUT2D eigenvalue weighted by molar-refractivity contribution is -0.118. The lowest BCUT2D eigenvalue weighted by Crippen LogP contribution is -2.11. The van der Waals surface area contributed by atoms with Crippen LogP contribution < -0.4 is 5.73 Å². The van der Waals surface area contributed by atoms with Crippen LogP contribution in [0.2, 0.25) is 0 Å². The maximum Gasteiger partial charge on any atom is 0.248 e. The van der Waals surface area contributed by atoms with E-state index in [1.165, 1.54) is 12.8 Å². The third-order valence-electron chi connectivity index (χ3n) is 2.95. The zero-order valence-corrected chi connectivity index (χ0v) is 10.9. The first-order chi connectivity index (χ1) is 8.63. The molecule has 0 atom stereocenters. The van der Waals surface area contributed by atoms with Gasteiger partial charge in [0.15, 0.2) is 0 Å². The zero-order valence-electron chi connectivity index (χ0n) is 10.9. The molecule has 0 unspecified atom stereocenters. The Morgan fingerprint density at radius 3 is 2.28 bits per heavy atom. The van der Waals surface area contributed by atoms with E-state index >= 15 is 0 Å². The standard InChI is InChI=1S/C15H21NO2/c1-2-3-4-5-6-14(17)11-12-7-9-13(10-8-12)15(16)18/h7-10H,2-6,11H2,1H3,(H2,16,18). The highest BCUT2D eigenvalue weighted by molar-refractivity contribution is 5.92. The van der Waals surface area contributed by atoms with Crippen molar-refractivity contribution >= 4 is 11.7 Å². The van der Waals surface area contributed by atoms with Crippen LogP contribution in [0.4, 0.5) is 0 Å². The fraction of sp³-hybridized carbons (Fsp3) is 0.467. The highest BCUT2D eigenvalue weighted by atomic mass is 16.1. The van der Waals surface area contributed by atoms with Crippen LogP contribution in [0.5, 0.6) is 0 Å². The number of carbonyl (C=O) groups is 2. The van der Waals surface area contributed by atoms with Gasteiger partial charge in [0, 0.05) is 18.4 Å². The molecule has 1 amide bonds. The molecular weight excluding hydrogens is 226 g/mol. The predicted octanol–water partition coefficient (Wildman–Crippen LogP) is 2.87. The average molecular weight is 247 g/mol. The molecule has 0 aliphatic rings. The Labute approximate surface area is 108 Å². The molecule has 0 heterocycles. The molecule has 0 aliphatic heterocycles. The minimum Gasteiger partial charge on any atom is -0.366 e. The second-order valence-electron chi connectivity index (χ2n) is 4.59. The van der Waals surface area contributed by atoms with Crippen molar-refractivity contribution in [3.05, 3.63) is 35.4 Å². The number of Topliss-reactive ketones (excluding diaryl/α,β-unsaturated/α-hetero) is 1. The number of amides is 1. The molecule has 0 fully saturated rings. The Morgan fingerprint density at radius 2 is 1.72 bits per heavy atom. The first kappa shape index (κ1) is 14.4. The van der Waals surface area contributed by atoms with Crippen molar-refractivity contribution in [3.8, 4) is 0 Å². The largest absolute Gasteiger partial charge is 0.366 e. The molecule has 1 rings (SSSR count). The number of hydrogen-bond donors (Lipinski definition) is 1. The Morgan fingerprint density at radius 1 is 1.06 bits per heavy atom.